The van der Waals surface area contributed by atoms with Gasteiger partial charge in [0.15, 0.2) is 5.69 Å². The highest BCUT2D eigenvalue weighted by Crippen LogP contribution is 2.14. The minimum atomic E-state index is -0.515. The highest BCUT2D eigenvalue weighted by Gasteiger charge is 2.16. The van der Waals surface area contributed by atoms with Gasteiger partial charge in [0.2, 0.25) is 5.43 Å². The summed E-state index contributed by atoms with van der Waals surface area (Å²) in [6.07, 6.45) is 0. The number of carbonyl (C=O) groups is 1. The third kappa shape index (κ3) is 3.10. The Labute approximate surface area is 139 Å². The van der Waals surface area contributed by atoms with E-state index in [1.54, 1.807) is 17.7 Å². The van der Waals surface area contributed by atoms with Crippen molar-refractivity contribution in [3.63, 3.8) is 0 Å². The van der Waals surface area contributed by atoms with Crippen LogP contribution in [0.1, 0.15) is 21.7 Å². The van der Waals surface area contributed by atoms with Crippen LogP contribution in [0.3, 0.4) is 0 Å². The molecule has 5 nitrogen and oxygen atoms in total. The third-order valence-electron chi connectivity index (χ3n) is 3.72. The Morgan fingerprint density at radius 1 is 1.00 bits per heavy atom. The average molecular weight is 319 g/mol. The fourth-order valence-electron chi connectivity index (χ4n) is 2.43. The van der Waals surface area contributed by atoms with E-state index >= 15 is 0 Å². The van der Waals surface area contributed by atoms with Crippen molar-refractivity contribution in [1.82, 2.24) is 9.78 Å². The summed E-state index contributed by atoms with van der Waals surface area (Å²) >= 11 is 0. The van der Waals surface area contributed by atoms with E-state index in [0.717, 1.165) is 11.3 Å². The summed E-state index contributed by atoms with van der Waals surface area (Å²) in [6, 6.07) is 18.2. The molecule has 120 valence electrons. The number of carbonyl (C=O) groups excluding carboxylic acids is 1. The molecule has 0 bridgehead atoms. The van der Waals surface area contributed by atoms with Crippen molar-refractivity contribution in [3.05, 3.63) is 87.8 Å². The Morgan fingerprint density at radius 3 is 2.38 bits per heavy atom. The van der Waals surface area contributed by atoms with Crippen LogP contribution in [-0.2, 0) is 0 Å². The van der Waals surface area contributed by atoms with Crippen LogP contribution >= 0.6 is 0 Å². The fourth-order valence-corrected chi connectivity index (χ4v) is 2.43. The Morgan fingerprint density at radius 2 is 1.67 bits per heavy atom. The molecular weight excluding hydrogens is 302 g/mol. The lowest BCUT2D eigenvalue weighted by atomic mass is 10.2. The van der Waals surface area contributed by atoms with Crippen molar-refractivity contribution >= 4 is 11.6 Å². The van der Waals surface area contributed by atoms with E-state index in [1.165, 1.54) is 6.07 Å². The molecule has 0 aliphatic carbocycles. The van der Waals surface area contributed by atoms with Gasteiger partial charge in [-0.05, 0) is 37.6 Å². The van der Waals surface area contributed by atoms with E-state index in [9.17, 15) is 9.59 Å². The standard InChI is InChI=1S/C19H17N3O2/c1-13-8-6-7-11-16(13)20-19(24)18-17(23)12-14(2)22(21-18)15-9-4-3-5-10-15/h3-12H,1-2H3,(H,20,24). The van der Waals surface area contributed by atoms with Gasteiger partial charge in [0.05, 0.1) is 5.69 Å². The maximum atomic E-state index is 12.5. The van der Waals surface area contributed by atoms with Crippen molar-refractivity contribution < 1.29 is 4.79 Å². The maximum Gasteiger partial charge on any atom is 0.280 e. The molecule has 0 radical (unpaired) electrons. The molecule has 1 N–H and O–H groups in total. The number of rotatable bonds is 3. The molecule has 1 aromatic heterocycles. The highest BCUT2D eigenvalue weighted by molar-refractivity contribution is 6.03. The molecule has 1 heterocycles. The first-order chi connectivity index (χ1) is 11.6. The van der Waals surface area contributed by atoms with Crippen molar-refractivity contribution in [2.24, 2.45) is 0 Å². The lowest BCUT2D eigenvalue weighted by Gasteiger charge is -2.12. The van der Waals surface area contributed by atoms with Crippen molar-refractivity contribution in [1.29, 1.82) is 0 Å². The van der Waals surface area contributed by atoms with Gasteiger partial charge in [0.1, 0.15) is 0 Å². The largest absolute Gasteiger partial charge is 0.320 e. The number of amides is 1. The van der Waals surface area contributed by atoms with Crippen molar-refractivity contribution in [2.75, 3.05) is 5.32 Å². The average Bonchev–Trinajstić information content (AvgIpc) is 2.58. The molecule has 0 unspecified atom stereocenters. The second-order valence-electron chi connectivity index (χ2n) is 5.51. The molecule has 24 heavy (non-hydrogen) atoms. The lowest BCUT2D eigenvalue weighted by molar-refractivity contribution is 0.101. The topological polar surface area (TPSA) is 64.0 Å². The van der Waals surface area contributed by atoms with E-state index in [4.69, 9.17) is 0 Å². The summed E-state index contributed by atoms with van der Waals surface area (Å²) in [4.78, 5) is 24.7. The first-order valence-corrected chi connectivity index (χ1v) is 7.59. The number of aromatic nitrogens is 2. The Balaban J connectivity index is 2.00. The molecule has 0 fully saturated rings. The Hall–Kier alpha value is -3.21. The first kappa shape index (κ1) is 15.7. The van der Waals surface area contributed by atoms with Gasteiger partial charge >= 0.3 is 0 Å². The fraction of sp³-hybridized carbons (Fsp3) is 0.105. The number of para-hydroxylation sites is 2. The zero-order valence-electron chi connectivity index (χ0n) is 13.5. The number of anilines is 1. The molecular formula is C19H17N3O2. The van der Waals surface area contributed by atoms with Gasteiger partial charge in [-0.2, -0.15) is 5.10 Å². The molecule has 5 heteroatoms. The predicted octanol–water partition coefficient (Wildman–Crippen LogP) is 3.10. The van der Waals surface area contributed by atoms with Crippen LogP contribution in [0.2, 0.25) is 0 Å². The van der Waals surface area contributed by atoms with Crippen LogP contribution in [0, 0.1) is 13.8 Å². The smallest absolute Gasteiger partial charge is 0.280 e. The lowest BCUT2D eigenvalue weighted by Crippen LogP contribution is -2.27. The molecule has 3 rings (SSSR count). The molecule has 0 saturated carbocycles. The predicted molar refractivity (Wildman–Crippen MR) is 93.7 cm³/mol. The molecule has 1 amide bonds. The van der Waals surface area contributed by atoms with Crippen LogP contribution in [0.5, 0.6) is 0 Å². The molecule has 0 saturated heterocycles. The number of hydrogen-bond acceptors (Lipinski definition) is 3. The molecule has 0 spiro atoms. The summed E-state index contributed by atoms with van der Waals surface area (Å²) in [6.45, 7) is 3.67. The van der Waals surface area contributed by atoms with Gasteiger partial charge in [-0.1, -0.05) is 36.4 Å². The Bertz CT molecular complexity index is 946. The number of nitrogens with one attached hydrogen (secondary N) is 1. The van der Waals surface area contributed by atoms with Gasteiger partial charge in [-0.3, -0.25) is 9.59 Å². The summed E-state index contributed by atoms with van der Waals surface area (Å²) < 4.78 is 1.59. The van der Waals surface area contributed by atoms with E-state index in [1.807, 2.05) is 55.5 Å². The molecule has 0 aliphatic heterocycles. The highest BCUT2D eigenvalue weighted by atomic mass is 16.2. The third-order valence-corrected chi connectivity index (χ3v) is 3.72. The van der Waals surface area contributed by atoms with Crippen LogP contribution in [0.4, 0.5) is 5.69 Å². The minimum absolute atomic E-state index is 0.132. The van der Waals surface area contributed by atoms with Crippen molar-refractivity contribution in [2.45, 2.75) is 13.8 Å². The Kier molecular flexibility index (Phi) is 4.24. The summed E-state index contributed by atoms with van der Waals surface area (Å²) in [5, 5.41) is 7.01. The normalized spacial score (nSPS) is 10.4. The zero-order valence-corrected chi connectivity index (χ0v) is 13.5. The molecule has 0 atom stereocenters. The monoisotopic (exact) mass is 319 g/mol. The van der Waals surface area contributed by atoms with Crippen LogP contribution < -0.4 is 10.7 Å². The molecule has 3 aromatic rings. The maximum absolute atomic E-state index is 12.5. The SMILES string of the molecule is Cc1ccccc1NC(=O)c1nn(-c2ccccc2)c(C)cc1=O. The number of benzene rings is 2. The summed E-state index contributed by atoms with van der Waals surface area (Å²) in [7, 11) is 0. The van der Waals surface area contributed by atoms with Crippen LogP contribution in [0.15, 0.2) is 65.5 Å². The summed E-state index contributed by atoms with van der Waals surface area (Å²) in [5.74, 6) is -0.515. The van der Waals surface area contributed by atoms with Gasteiger partial charge in [-0.15, -0.1) is 0 Å². The first-order valence-electron chi connectivity index (χ1n) is 7.59. The number of hydrogen-bond donors (Lipinski definition) is 1. The van der Waals surface area contributed by atoms with Gasteiger partial charge < -0.3 is 5.32 Å². The van der Waals surface area contributed by atoms with Gasteiger partial charge in [0.25, 0.3) is 5.91 Å². The molecule has 0 aliphatic rings. The molecule has 2 aromatic carbocycles. The van der Waals surface area contributed by atoms with E-state index in [2.05, 4.69) is 10.4 Å². The van der Waals surface area contributed by atoms with Crippen LogP contribution in [0.25, 0.3) is 5.69 Å². The van der Waals surface area contributed by atoms with Gasteiger partial charge in [0, 0.05) is 17.4 Å². The second kappa shape index (κ2) is 6.50. The number of aryl methyl sites for hydroxylation is 2. The summed E-state index contributed by atoms with van der Waals surface area (Å²) in [5.41, 5.74) is 2.51. The van der Waals surface area contributed by atoms with Crippen LogP contribution in [-0.4, -0.2) is 15.7 Å². The van der Waals surface area contributed by atoms with E-state index < -0.39 is 11.3 Å². The number of nitrogens with zero attached hydrogens (tertiary/aromatic N) is 2. The van der Waals surface area contributed by atoms with E-state index in [-0.39, 0.29) is 5.69 Å². The second-order valence-corrected chi connectivity index (χ2v) is 5.51. The minimum Gasteiger partial charge on any atom is -0.320 e. The van der Waals surface area contributed by atoms with Gasteiger partial charge in [-0.25, -0.2) is 4.68 Å². The van der Waals surface area contributed by atoms with Crippen molar-refractivity contribution in [3.8, 4) is 5.69 Å². The quantitative estimate of drug-likeness (QED) is 0.807. The van der Waals surface area contributed by atoms with E-state index in [0.29, 0.717) is 11.4 Å². The zero-order chi connectivity index (χ0) is 17.1.